The van der Waals surface area contributed by atoms with Crippen LogP contribution in [0.3, 0.4) is 0 Å². The Hall–Kier alpha value is -2.21. The lowest BCUT2D eigenvalue weighted by Crippen LogP contribution is -2.23. The third-order valence-electron chi connectivity index (χ3n) is 5.03. The maximum atomic E-state index is 13.4. The van der Waals surface area contributed by atoms with Gasteiger partial charge in [-0.05, 0) is 43.5 Å². The number of hydrogen-bond acceptors (Lipinski definition) is 10. The zero-order valence-corrected chi connectivity index (χ0v) is 19.6. The number of benzene rings is 1. The fourth-order valence-electron chi connectivity index (χ4n) is 3.49. The van der Waals surface area contributed by atoms with E-state index in [4.69, 9.17) is 18.9 Å². The van der Waals surface area contributed by atoms with E-state index in [1.165, 1.54) is 25.3 Å². The maximum absolute atomic E-state index is 13.4. The first kappa shape index (κ1) is 24.4. The molecule has 1 saturated heterocycles. The molecular weight excluding hydrogens is 460 g/mol. The molecule has 0 radical (unpaired) electrons. The molecule has 1 aromatic rings. The molecule has 0 amide bonds. The van der Waals surface area contributed by atoms with Crippen molar-refractivity contribution in [3.63, 3.8) is 0 Å². The lowest BCUT2D eigenvalue weighted by atomic mass is 9.89. The van der Waals surface area contributed by atoms with Gasteiger partial charge in [-0.2, -0.15) is 0 Å². The number of thioether (sulfide) groups is 1. The van der Waals surface area contributed by atoms with Gasteiger partial charge in [0.1, 0.15) is 28.6 Å². The Labute approximate surface area is 190 Å². The molecule has 174 valence electrons. The third kappa shape index (κ3) is 5.40. The first-order valence-electron chi connectivity index (χ1n) is 9.90. The molecule has 0 saturated carbocycles. The maximum Gasteiger partial charge on any atom is 0.372 e. The topological polar surface area (TPSA) is 122 Å². The van der Waals surface area contributed by atoms with Gasteiger partial charge >= 0.3 is 5.30 Å². The van der Waals surface area contributed by atoms with Gasteiger partial charge in [0.2, 0.25) is 0 Å². The van der Waals surface area contributed by atoms with E-state index in [-0.39, 0.29) is 52.6 Å². The van der Waals surface area contributed by atoms with Crippen molar-refractivity contribution in [1.29, 1.82) is 0 Å². The van der Waals surface area contributed by atoms with Crippen molar-refractivity contribution in [3.05, 3.63) is 34.6 Å². The molecule has 2 aliphatic rings. The lowest BCUT2D eigenvalue weighted by molar-refractivity contribution is -0.115. The quantitative estimate of drug-likeness (QED) is 0.324. The highest BCUT2D eigenvalue weighted by molar-refractivity contribution is 8.12. The third-order valence-corrected chi connectivity index (χ3v) is 6.57. The normalized spacial score (nSPS) is 17.5. The van der Waals surface area contributed by atoms with Crippen molar-refractivity contribution >= 4 is 38.5 Å². The second-order valence-corrected chi connectivity index (χ2v) is 10.0. The van der Waals surface area contributed by atoms with Gasteiger partial charge in [-0.25, -0.2) is 13.2 Å². The highest BCUT2D eigenvalue weighted by Crippen LogP contribution is 2.34. The minimum Gasteiger partial charge on any atom is -0.487 e. The highest BCUT2D eigenvalue weighted by atomic mass is 32.2. The Kier molecular flexibility index (Phi) is 7.75. The second-order valence-electron chi connectivity index (χ2n) is 7.28. The Morgan fingerprint density at radius 1 is 1.19 bits per heavy atom. The van der Waals surface area contributed by atoms with Gasteiger partial charge < -0.3 is 18.9 Å². The number of Topliss-reactive ketones (excluding diaryl/α,β-unsaturated/α-hetero) is 2. The lowest BCUT2D eigenvalue weighted by Gasteiger charge is -2.20. The van der Waals surface area contributed by atoms with Gasteiger partial charge in [0, 0.05) is 30.2 Å². The Morgan fingerprint density at radius 2 is 1.88 bits per heavy atom. The van der Waals surface area contributed by atoms with Crippen molar-refractivity contribution in [1.82, 2.24) is 0 Å². The van der Waals surface area contributed by atoms with Crippen LogP contribution in [0, 0.1) is 6.92 Å². The monoisotopic (exact) mass is 484 g/mol. The number of rotatable bonds is 7. The summed E-state index contributed by atoms with van der Waals surface area (Å²) in [6, 6.07) is 2.61. The average molecular weight is 485 g/mol. The number of allylic oxidation sites excluding steroid dienone is 2. The summed E-state index contributed by atoms with van der Waals surface area (Å²) in [6.07, 6.45) is 2.81. The van der Waals surface area contributed by atoms with Crippen molar-refractivity contribution in [3.8, 4) is 5.75 Å². The number of ketones is 2. The van der Waals surface area contributed by atoms with Crippen molar-refractivity contribution in [2.45, 2.75) is 37.4 Å². The van der Waals surface area contributed by atoms with E-state index in [0.29, 0.717) is 19.6 Å². The van der Waals surface area contributed by atoms with Gasteiger partial charge in [0.15, 0.2) is 27.7 Å². The number of carbonyl (C=O) groups is 3. The van der Waals surface area contributed by atoms with Crippen LogP contribution in [-0.4, -0.2) is 63.9 Å². The van der Waals surface area contributed by atoms with Gasteiger partial charge in [0.25, 0.3) is 0 Å². The van der Waals surface area contributed by atoms with E-state index < -0.39 is 33.0 Å². The Balaban J connectivity index is 2.04. The van der Waals surface area contributed by atoms with Crippen LogP contribution in [0.25, 0.3) is 0 Å². The van der Waals surface area contributed by atoms with Crippen molar-refractivity contribution in [2.75, 3.05) is 32.3 Å². The molecule has 0 bridgehead atoms. The molecule has 1 aliphatic carbocycles. The van der Waals surface area contributed by atoms with Crippen molar-refractivity contribution in [2.24, 2.45) is 0 Å². The van der Waals surface area contributed by atoms with E-state index in [1.54, 1.807) is 0 Å². The summed E-state index contributed by atoms with van der Waals surface area (Å²) in [5, 5.41) is -0.621. The van der Waals surface area contributed by atoms with Crippen LogP contribution in [0.2, 0.25) is 0 Å². The molecule has 32 heavy (non-hydrogen) atoms. The SMILES string of the molecule is CSC(=O)OC1=C(C(=O)c2ccc(S(C)(=O)=O)c(OCC3OCCO3)c2C)C(=O)CCC1. The zero-order valence-electron chi connectivity index (χ0n) is 18.0. The number of hydrogen-bond donors (Lipinski definition) is 0. The van der Waals surface area contributed by atoms with Gasteiger partial charge in [-0.15, -0.1) is 0 Å². The molecule has 0 spiro atoms. The second kappa shape index (κ2) is 10.2. The van der Waals surface area contributed by atoms with Crippen LogP contribution in [-0.2, 0) is 28.8 Å². The molecule has 1 aliphatic heterocycles. The Bertz CT molecular complexity index is 1070. The Morgan fingerprint density at radius 3 is 2.50 bits per heavy atom. The first-order valence-corrected chi connectivity index (χ1v) is 13.0. The van der Waals surface area contributed by atoms with Gasteiger partial charge in [-0.3, -0.25) is 9.59 Å². The molecule has 0 atom stereocenters. The summed E-state index contributed by atoms with van der Waals surface area (Å²) in [5.74, 6) is -1.04. The fraction of sp³-hybridized carbons (Fsp3) is 0.476. The summed E-state index contributed by atoms with van der Waals surface area (Å²) in [7, 11) is -3.68. The molecule has 0 unspecified atom stereocenters. The largest absolute Gasteiger partial charge is 0.487 e. The molecule has 0 aromatic heterocycles. The summed E-state index contributed by atoms with van der Waals surface area (Å²) in [6.45, 7) is 2.27. The van der Waals surface area contributed by atoms with Crippen molar-refractivity contribution < 1.29 is 41.7 Å². The smallest absolute Gasteiger partial charge is 0.372 e. The van der Waals surface area contributed by atoms with Crippen LogP contribution in [0.5, 0.6) is 5.75 Å². The van der Waals surface area contributed by atoms with E-state index >= 15 is 0 Å². The summed E-state index contributed by atoms with van der Waals surface area (Å²) >= 11 is 0.830. The minimum atomic E-state index is -3.68. The highest BCUT2D eigenvalue weighted by Gasteiger charge is 2.32. The molecular formula is C21H24O9S2. The van der Waals surface area contributed by atoms with Gasteiger partial charge in [0.05, 0.1) is 13.2 Å². The summed E-state index contributed by atoms with van der Waals surface area (Å²) in [4.78, 5) is 37.6. The van der Waals surface area contributed by atoms with E-state index in [0.717, 1.165) is 18.0 Å². The predicted octanol–water partition coefficient (Wildman–Crippen LogP) is 2.84. The van der Waals surface area contributed by atoms with E-state index in [9.17, 15) is 22.8 Å². The van der Waals surface area contributed by atoms with Crippen LogP contribution >= 0.6 is 11.8 Å². The van der Waals surface area contributed by atoms with Crippen LogP contribution in [0.15, 0.2) is 28.4 Å². The first-order chi connectivity index (χ1) is 15.1. The molecule has 3 rings (SSSR count). The summed E-state index contributed by atoms with van der Waals surface area (Å²) in [5.41, 5.74) is 0.142. The summed E-state index contributed by atoms with van der Waals surface area (Å²) < 4.78 is 46.2. The number of sulfone groups is 1. The molecule has 9 nitrogen and oxygen atoms in total. The number of carbonyl (C=O) groups excluding carboxylic acids is 3. The van der Waals surface area contributed by atoms with E-state index in [1.807, 2.05) is 0 Å². The molecule has 1 heterocycles. The zero-order chi connectivity index (χ0) is 23.5. The van der Waals surface area contributed by atoms with Gasteiger partial charge in [-0.1, -0.05) is 0 Å². The fourth-order valence-corrected chi connectivity index (χ4v) is 4.53. The standard InChI is InChI=1S/C21H24O9S2/c1-12-13(19(23)18-14(22)5-4-6-15(18)30-21(24)31-2)7-8-16(32(3,25)26)20(12)29-11-17-27-9-10-28-17/h7-8,17H,4-6,9-11H2,1-3H3. The van der Waals surface area contributed by atoms with E-state index in [2.05, 4.69) is 0 Å². The average Bonchev–Trinajstić information content (AvgIpc) is 3.25. The molecule has 0 N–H and O–H groups in total. The minimum absolute atomic E-state index is 0.0102. The molecule has 1 fully saturated rings. The van der Waals surface area contributed by atoms with Crippen LogP contribution in [0.4, 0.5) is 4.79 Å². The van der Waals surface area contributed by atoms with Crippen LogP contribution < -0.4 is 4.74 Å². The molecule has 11 heteroatoms. The van der Waals surface area contributed by atoms with Crippen LogP contribution in [0.1, 0.15) is 35.2 Å². The predicted molar refractivity (Wildman–Crippen MR) is 116 cm³/mol. The number of ether oxygens (including phenoxy) is 4. The molecule has 1 aromatic carbocycles.